The predicted molar refractivity (Wildman–Crippen MR) is 94.2 cm³/mol. The van der Waals surface area contributed by atoms with Crippen LogP contribution < -0.4 is 16.0 Å². The summed E-state index contributed by atoms with van der Waals surface area (Å²) in [5.74, 6) is -0.289. The summed E-state index contributed by atoms with van der Waals surface area (Å²) in [4.78, 5) is 23.5. The number of halogens is 1. The normalized spacial score (nSPS) is 10.0. The summed E-state index contributed by atoms with van der Waals surface area (Å²) in [6.45, 7) is 2.33. The summed E-state index contributed by atoms with van der Waals surface area (Å²) < 4.78 is 0.789. The molecular weight excluding hydrogens is 358 g/mol. The van der Waals surface area contributed by atoms with Gasteiger partial charge in [0.25, 0.3) is 0 Å². The van der Waals surface area contributed by atoms with Crippen molar-refractivity contribution in [2.45, 2.75) is 13.5 Å². The average molecular weight is 376 g/mol. The molecule has 2 rings (SSSR count). The SMILES string of the molecule is Cc1ccc(CNC(=O)NCC(=O)Nc2ccccc2Br)cc1. The first-order valence-electron chi connectivity index (χ1n) is 7.16. The van der Waals surface area contributed by atoms with E-state index in [1.165, 1.54) is 5.56 Å². The Kier molecular flexibility index (Phi) is 6.17. The van der Waals surface area contributed by atoms with Gasteiger partial charge in [0.05, 0.1) is 12.2 Å². The molecule has 0 aromatic heterocycles. The minimum atomic E-state index is -0.382. The Bertz CT molecular complexity index is 686. The van der Waals surface area contributed by atoms with E-state index in [0.717, 1.165) is 10.0 Å². The molecule has 0 aliphatic rings. The number of hydrogen-bond donors (Lipinski definition) is 3. The molecule has 3 amide bonds. The molecule has 5 nitrogen and oxygen atoms in total. The van der Waals surface area contributed by atoms with Crippen LogP contribution in [-0.2, 0) is 11.3 Å². The van der Waals surface area contributed by atoms with Crippen molar-refractivity contribution in [2.24, 2.45) is 0 Å². The van der Waals surface area contributed by atoms with Crippen LogP contribution in [0.25, 0.3) is 0 Å². The van der Waals surface area contributed by atoms with Crippen LogP contribution in [0.3, 0.4) is 0 Å². The Morgan fingerprint density at radius 1 is 1.00 bits per heavy atom. The minimum absolute atomic E-state index is 0.0962. The average Bonchev–Trinajstić information content (AvgIpc) is 2.54. The van der Waals surface area contributed by atoms with Gasteiger partial charge in [0, 0.05) is 11.0 Å². The van der Waals surface area contributed by atoms with Gasteiger partial charge in [0.2, 0.25) is 5.91 Å². The summed E-state index contributed by atoms with van der Waals surface area (Å²) in [6, 6.07) is 14.8. The number of amides is 3. The number of para-hydroxylation sites is 1. The minimum Gasteiger partial charge on any atom is -0.334 e. The molecule has 0 radical (unpaired) electrons. The van der Waals surface area contributed by atoms with Gasteiger partial charge < -0.3 is 16.0 Å². The highest BCUT2D eigenvalue weighted by Gasteiger charge is 2.07. The monoisotopic (exact) mass is 375 g/mol. The van der Waals surface area contributed by atoms with E-state index < -0.39 is 0 Å². The molecule has 120 valence electrons. The van der Waals surface area contributed by atoms with E-state index in [4.69, 9.17) is 0 Å². The van der Waals surface area contributed by atoms with E-state index in [1.807, 2.05) is 49.4 Å². The molecule has 0 fully saturated rings. The van der Waals surface area contributed by atoms with Crippen molar-refractivity contribution in [3.8, 4) is 0 Å². The van der Waals surface area contributed by atoms with Gasteiger partial charge in [-0.05, 0) is 40.5 Å². The third-order valence-corrected chi connectivity index (χ3v) is 3.82. The van der Waals surface area contributed by atoms with E-state index in [0.29, 0.717) is 12.2 Å². The second-order valence-corrected chi connectivity index (χ2v) is 5.90. The molecule has 2 aromatic rings. The van der Waals surface area contributed by atoms with Crippen molar-refractivity contribution >= 4 is 33.6 Å². The fourth-order valence-corrected chi connectivity index (χ4v) is 2.25. The van der Waals surface area contributed by atoms with Crippen molar-refractivity contribution < 1.29 is 9.59 Å². The second-order valence-electron chi connectivity index (χ2n) is 5.05. The molecule has 0 saturated heterocycles. The van der Waals surface area contributed by atoms with E-state index in [2.05, 4.69) is 31.9 Å². The number of carbonyl (C=O) groups is 2. The van der Waals surface area contributed by atoms with Crippen molar-refractivity contribution in [3.63, 3.8) is 0 Å². The van der Waals surface area contributed by atoms with Crippen LogP contribution in [0.15, 0.2) is 53.0 Å². The zero-order valence-corrected chi connectivity index (χ0v) is 14.3. The summed E-state index contributed by atoms with van der Waals surface area (Å²) in [5, 5.41) is 7.95. The highest BCUT2D eigenvalue weighted by Crippen LogP contribution is 2.20. The smallest absolute Gasteiger partial charge is 0.315 e. The molecule has 0 bridgehead atoms. The quantitative estimate of drug-likeness (QED) is 0.750. The summed E-state index contributed by atoms with van der Waals surface area (Å²) in [5.41, 5.74) is 2.84. The maximum Gasteiger partial charge on any atom is 0.315 e. The lowest BCUT2D eigenvalue weighted by molar-refractivity contribution is -0.115. The fourth-order valence-electron chi connectivity index (χ4n) is 1.87. The van der Waals surface area contributed by atoms with Crippen LogP contribution >= 0.6 is 15.9 Å². The largest absolute Gasteiger partial charge is 0.334 e. The van der Waals surface area contributed by atoms with Crippen LogP contribution in [-0.4, -0.2) is 18.5 Å². The van der Waals surface area contributed by atoms with E-state index in [1.54, 1.807) is 6.07 Å². The number of anilines is 1. The van der Waals surface area contributed by atoms with Gasteiger partial charge in [-0.3, -0.25) is 4.79 Å². The highest BCUT2D eigenvalue weighted by atomic mass is 79.9. The molecule has 6 heteroatoms. The summed E-state index contributed by atoms with van der Waals surface area (Å²) in [6.07, 6.45) is 0. The third kappa shape index (κ3) is 5.75. The van der Waals surface area contributed by atoms with Crippen LogP contribution in [0, 0.1) is 6.92 Å². The van der Waals surface area contributed by atoms with E-state index >= 15 is 0 Å². The zero-order chi connectivity index (χ0) is 16.7. The number of rotatable bonds is 5. The maximum absolute atomic E-state index is 11.8. The lowest BCUT2D eigenvalue weighted by Crippen LogP contribution is -2.39. The lowest BCUT2D eigenvalue weighted by Gasteiger charge is -2.09. The first kappa shape index (κ1) is 17.0. The van der Waals surface area contributed by atoms with Crippen molar-refractivity contribution in [3.05, 3.63) is 64.1 Å². The molecule has 2 aromatic carbocycles. The van der Waals surface area contributed by atoms with Gasteiger partial charge in [-0.1, -0.05) is 42.0 Å². The fraction of sp³-hybridized carbons (Fsp3) is 0.176. The summed E-state index contributed by atoms with van der Waals surface area (Å²) >= 11 is 3.35. The van der Waals surface area contributed by atoms with Crippen LogP contribution in [0.1, 0.15) is 11.1 Å². The van der Waals surface area contributed by atoms with Gasteiger partial charge in [-0.25, -0.2) is 4.79 Å². The molecule has 23 heavy (non-hydrogen) atoms. The van der Waals surface area contributed by atoms with Gasteiger partial charge in [0.1, 0.15) is 0 Å². The van der Waals surface area contributed by atoms with Crippen LogP contribution in [0.4, 0.5) is 10.5 Å². The van der Waals surface area contributed by atoms with Crippen LogP contribution in [0.2, 0.25) is 0 Å². The molecule has 0 heterocycles. The number of hydrogen-bond acceptors (Lipinski definition) is 2. The standard InChI is InChI=1S/C17H18BrN3O2/c1-12-6-8-13(9-7-12)10-19-17(23)20-11-16(22)21-15-5-3-2-4-14(15)18/h2-9H,10-11H2,1H3,(H,21,22)(H2,19,20,23). The number of benzene rings is 2. The Labute approximate surface area is 143 Å². The molecule has 0 unspecified atom stereocenters. The van der Waals surface area contributed by atoms with Gasteiger partial charge in [-0.15, -0.1) is 0 Å². The predicted octanol–water partition coefficient (Wildman–Crippen LogP) is 3.20. The highest BCUT2D eigenvalue weighted by molar-refractivity contribution is 9.10. The van der Waals surface area contributed by atoms with Gasteiger partial charge in [0.15, 0.2) is 0 Å². The molecule has 0 atom stereocenters. The summed E-state index contributed by atoms with van der Waals surface area (Å²) in [7, 11) is 0. The van der Waals surface area contributed by atoms with Crippen molar-refractivity contribution in [1.82, 2.24) is 10.6 Å². The number of carbonyl (C=O) groups excluding carboxylic acids is 2. The maximum atomic E-state index is 11.8. The first-order valence-corrected chi connectivity index (χ1v) is 7.95. The molecule has 0 aliphatic carbocycles. The second kappa shape index (κ2) is 8.33. The molecule has 3 N–H and O–H groups in total. The first-order chi connectivity index (χ1) is 11.0. The Balaban J connectivity index is 1.72. The van der Waals surface area contributed by atoms with Crippen molar-refractivity contribution in [2.75, 3.05) is 11.9 Å². The molecular formula is C17H18BrN3O2. The van der Waals surface area contributed by atoms with Gasteiger partial charge in [-0.2, -0.15) is 0 Å². The van der Waals surface area contributed by atoms with E-state index in [-0.39, 0.29) is 18.5 Å². The zero-order valence-electron chi connectivity index (χ0n) is 12.7. The number of aryl methyl sites for hydroxylation is 1. The molecule has 0 aliphatic heterocycles. The number of urea groups is 1. The Morgan fingerprint density at radius 2 is 1.70 bits per heavy atom. The Hall–Kier alpha value is -2.34. The van der Waals surface area contributed by atoms with Crippen LogP contribution in [0.5, 0.6) is 0 Å². The molecule has 0 spiro atoms. The third-order valence-electron chi connectivity index (χ3n) is 3.13. The van der Waals surface area contributed by atoms with Crippen molar-refractivity contribution in [1.29, 1.82) is 0 Å². The van der Waals surface area contributed by atoms with Gasteiger partial charge >= 0.3 is 6.03 Å². The Morgan fingerprint density at radius 3 is 2.39 bits per heavy atom. The lowest BCUT2D eigenvalue weighted by atomic mass is 10.1. The topological polar surface area (TPSA) is 70.2 Å². The number of nitrogens with one attached hydrogen (secondary N) is 3. The van der Waals surface area contributed by atoms with E-state index in [9.17, 15) is 9.59 Å². The molecule has 0 saturated carbocycles.